The molecule has 7 heteroatoms. The van der Waals surface area contributed by atoms with E-state index in [2.05, 4.69) is 5.32 Å². The van der Waals surface area contributed by atoms with Gasteiger partial charge < -0.3 is 5.32 Å². The van der Waals surface area contributed by atoms with Gasteiger partial charge in [-0.05, 0) is 25.6 Å². The van der Waals surface area contributed by atoms with Gasteiger partial charge in [0.1, 0.15) is 4.90 Å². The van der Waals surface area contributed by atoms with Crippen LogP contribution >= 0.6 is 23.2 Å². The molecule has 100 valence electrons. The number of rotatable bonds is 3. The molecule has 0 aliphatic carbocycles. The molecule has 1 saturated heterocycles. The number of likely N-dealkylation sites (N-methyl/N-ethyl adjacent to an activating group) is 1. The van der Waals surface area contributed by atoms with Crippen molar-refractivity contribution < 1.29 is 8.42 Å². The summed E-state index contributed by atoms with van der Waals surface area (Å²) in [6, 6.07) is 4.88. The highest BCUT2D eigenvalue weighted by molar-refractivity contribution is 7.89. The van der Waals surface area contributed by atoms with Crippen molar-refractivity contribution in [2.45, 2.75) is 17.4 Å². The topological polar surface area (TPSA) is 49.4 Å². The molecule has 0 bridgehead atoms. The Bertz CT molecular complexity index is 528. The summed E-state index contributed by atoms with van der Waals surface area (Å²) in [4.78, 5) is 0.00471. The SMILES string of the molecule is CNC1CCN(S(=O)(=O)c2c(Cl)cccc2Cl)C1. The molecule has 1 aliphatic rings. The lowest BCUT2D eigenvalue weighted by Gasteiger charge is -2.18. The van der Waals surface area contributed by atoms with Gasteiger partial charge in [-0.25, -0.2) is 8.42 Å². The Balaban J connectivity index is 2.38. The average molecular weight is 309 g/mol. The van der Waals surface area contributed by atoms with E-state index in [0.717, 1.165) is 6.42 Å². The second-order valence-electron chi connectivity index (χ2n) is 4.19. The zero-order valence-corrected chi connectivity index (χ0v) is 12.2. The Hall–Kier alpha value is -0.330. The first-order chi connectivity index (χ1) is 8.46. The maximum Gasteiger partial charge on any atom is 0.246 e. The molecule has 1 atom stereocenters. The molecule has 4 nitrogen and oxygen atoms in total. The van der Waals surface area contributed by atoms with Crippen molar-refractivity contribution in [1.82, 2.24) is 9.62 Å². The summed E-state index contributed by atoms with van der Waals surface area (Å²) in [6.07, 6.45) is 0.789. The second-order valence-corrected chi connectivity index (χ2v) is 6.88. The highest BCUT2D eigenvalue weighted by Crippen LogP contribution is 2.32. The standard InChI is InChI=1S/C11H14Cl2N2O2S/c1-14-8-5-6-15(7-8)18(16,17)11-9(12)3-2-4-10(11)13/h2-4,8,14H,5-7H2,1H3. The minimum Gasteiger partial charge on any atom is -0.316 e. The summed E-state index contributed by atoms with van der Waals surface area (Å²) in [5.74, 6) is 0. The van der Waals surface area contributed by atoms with E-state index in [4.69, 9.17) is 23.2 Å². The van der Waals surface area contributed by atoms with E-state index in [1.54, 1.807) is 6.07 Å². The van der Waals surface area contributed by atoms with Crippen LogP contribution in [0.4, 0.5) is 0 Å². The number of nitrogens with one attached hydrogen (secondary N) is 1. The Labute approximate surface area is 117 Å². The van der Waals surface area contributed by atoms with Gasteiger partial charge in [-0.15, -0.1) is 0 Å². The van der Waals surface area contributed by atoms with Crippen LogP contribution < -0.4 is 5.32 Å². The van der Waals surface area contributed by atoms with Crippen LogP contribution in [0, 0.1) is 0 Å². The average Bonchev–Trinajstić information content (AvgIpc) is 2.77. The second kappa shape index (κ2) is 5.35. The summed E-state index contributed by atoms with van der Waals surface area (Å²) in [6.45, 7) is 0.926. The van der Waals surface area contributed by atoms with Crippen molar-refractivity contribution in [2.24, 2.45) is 0 Å². The van der Waals surface area contributed by atoms with Gasteiger partial charge in [0.05, 0.1) is 10.0 Å². The number of hydrogen-bond acceptors (Lipinski definition) is 3. The molecule has 2 rings (SSSR count). The minimum absolute atomic E-state index is 0.00471. The molecule has 0 saturated carbocycles. The first kappa shape index (κ1) is 14.1. The third kappa shape index (κ3) is 2.51. The van der Waals surface area contributed by atoms with Gasteiger partial charge >= 0.3 is 0 Å². The van der Waals surface area contributed by atoms with Crippen LogP contribution in [0.5, 0.6) is 0 Å². The Morgan fingerprint density at radius 2 is 1.94 bits per heavy atom. The van der Waals surface area contributed by atoms with Crippen molar-refractivity contribution in [2.75, 3.05) is 20.1 Å². The molecule has 1 heterocycles. The molecule has 0 amide bonds. The van der Waals surface area contributed by atoms with E-state index >= 15 is 0 Å². The number of benzene rings is 1. The molecular weight excluding hydrogens is 295 g/mol. The van der Waals surface area contributed by atoms with Crippen LogP contribution in [0.1, 0.15) is 6.42 Å². The van der Waals surface area contributed by atoms with Crippen molar-refractivity contribution in [3.8, 4) is 0 Å². The highest BCUT2D eigenvalue weighted by atomic mass is 35.5. The zero-order valence-electron chi connectivity index (χ0n) is 9.86. The van der Waals surface area contributed by atoms with Crippen LogP contribution in [-0.4, -0.2) is 38.9 Å². The lowest BCUT2D eigenvalue weighted by molar-refractivity contribution is 0.464. The molecule has 1 aromatic carbocycles. The van der Waals surface area contributed by atoms with Crippen molar-refractivity contribution in [3.63, 3.8) is 0 Å². The molecule has 1 aliphatic heterocycles. The van der Waals surface area contributed by atoms with Gasteiger partial charge in [-0.1, -0.05) is 29.3 Å². The lowest BCUT2D eigenvalue weighted by Crippen LogP contribution is -2.33. The maximum atomic E-state index is 12.5. The number of hydrogen-bond donors (Lipinski definition) is 1. The van der Waals surface area contributed by atoms with Crippen molar-refractivity contribution in [3.05, 3.63) is 28.2 Å². The summed E-state index contributed by atoms with van der Waals surface area (Å²) < 4.78 is 26.4. The van der Waals surface area contributed by atoms with Gasteiger partial charge in [0.15, 0.2) is 0 Å². The maximum absolute atomic E-state index is 12.5. The molecular formula is C11H14Cl2N2O2S. The number of nitrogens with zero attached hydrogens (tertiary/aromatic N) is 1. The third-order valence-corrected chi connectivity index (χ3v) is 5.90. The minimum atomic E-state index is -3.61. The largest absolute Gasteiger partial charge is 0.316 e. The molecule has 18 heavy (non-hydrogen) atoms. The molecule has 0 spiro atoms. The molecule has 0 radical (unpaired) electrons. The van der Waals surface area contributed by atoms with Crippen LogP contribution in [-0.2, 0) is 10.0 Å². The van der Waals surface area contributed by atoms with E-state index in [-0.39, 0.29) is 21.0 Å². The first-order valence-corrected chi connectivity index (χ1v) is 7.78. The van der Waals surface area contributed by atoms with Gasteiger partial charge in [0.25, 0.3) is 0 Å². The van der Waals surface area contributed by atoms with Crippen molar-refractivity contribution in [1.29, 1.82) is 0 Å². The fourth-order valence-electron chi connectivity index (χ4n) is 2.04. The quantitative estimate of drug-likeness (QED) is 0.929. The summed E-state index contributed by atoms with van der Waals surface area (Å²) in [5, 5.41) is 3.40. The van der Waals surface area contributed by atoms with Crippen molar-refractivity contribution >= 4 is 33.2 Å². The van der Waals surface area contributed by atoms with Gasteiger partial charge in [0, 0.05) is 19.1 Å². The normalized spacial score (nSPS) is 21.4. The van der Waals surface area contributed by atoms with Crippen LogP contribution in [0.2, 0.25) is 10.0 Å². The predicted molar refractivity (Wildman–Crippen MR) is 72.7 cm³/mol. The fourth-order valence-corrected chi connectivity index (χ4v) is 4.63. The third-order valence-electron chi connectivity index (χ3n) is 3.08. The van der Waals surface area contributed by atoms with Crippen LogP contribution in [0.25, 0.3) is 0 Å². The predicted octanol–water partition coefficient (Wildman–Crippen LogP) is 1.98. The van der Waals surface area contributed by atoms with E-state index in [9.17, 15) is 8.42 Å². The van der Waals surface area contributed by atoms with Gasteiger partial charge in [-0.3, -0.25) is 0 Å². The van der Waals surface area contributed by atoms with E-state index < -0.39 is 10.0 Å². The number of sulfonamides is 1. The molecule has 1 fully saturated rings. The Morgan fingerprint density at radius 3 is 2.44 bits per heavy atom. The smallest absolute Gasteiger partial charge is 0.246 e. The Morgan fingerprint density at radius 1 is 1.33 bits per heavy atom. The van der Waals surface area contributed by atoms with Gasteiger partial charge in [-0.2, -0.15) is 4.31 Å². The van der Waals surface area contributed by atoms with E-state index in [1.165, 1.54) is 16.4 Å². The first-order valence-electron chi connectivity index (χ1n) is 5.58. The summed E-state index contributed by atoms with van der Waals surface area (Å²) >= 11 is 11.9. The Kier molecular flexibility index (Phi) is 4.18. The summed E-state index contributed by atoms with van der Waals surface area (Å²) in [5.41, 5.74) is 0. The number of halogens is 2. The molecule has 0 aromatic heterocycles. The summed E-state index contributed by atoms with van der Waals surface area (Å²) in [7, 11) is -1.79. The fraction of sp³-hybridized carbons (Fsp3) is 0.455. The molecule has 1 N–H and O–H groups in total. The zero-order chi connectivity index (χ0) is 13.3. The highest BCUT2D eigenvalue weighted by Gasteiger charge is 2.34. The van der Waals surface area contributed by atoms with Crippen LogP contribution in [0.15, 0.2) is 23.1 Å². The molecule has 1 unspecified atom stereocenters. The monoisotopic (exact) mass is 308 g/mol. The molecule has 1 aromatic rings. The van der Waals surface area contributed by atoms with Gasteiger partial charge in [0.2, 0.25) is 10.0 Å². The lowest BCUT2D eigenvalue weighted by atomic mass is 10.3. The van der Waals surface area contributed by atoms with E-state index in [0.29, 0.717) is 13.1 Å². The van der Waals surface area contributed by atoms with E-state index in [1.807, 2.05) is 7.05 Å². The van der Waals surface area contributed by atoms with Crippen LogP contribution in [0.3, 0.4) is 0 Å².